The molecule has 0 radical (unpaired) electrons. The lowest BCUT2D eigenvalue weighted by molar-refractivity contribution is -0.226. The van der Waals surface area contributed by atoms with Crippen LogP contribution in [0.1, 0.15) is 102 Å². The molecule has 6 rings (SSSR count). The second-order valence-corrected chi connectivity index (χ2v) is 23.9. The number of aliphatic hydroxyl groups is 1. The summed E-state index contributed by atoms with van der Waals surface area (Å²) in [6.45, 7) is 23.6. The summed E-state index contributed by atoms with van der Waals surface area (Å²) in [6.07, 6.45) is 0.776. The minimum Gasteiger partial charge on any atom is -0.467 e. The van der Waals surface area contributed by atoms with Gasteiger partial charge in [0.2, 0.25) is 0 Å². The Bertz CT molecular complexity index is 1730. The van der Waals surface area contributed by atoms with Gasteiger partial charge in [0.1, 0.15) is 17.1 Å². The molecule has 12 heteroatoms. The smallest absolute Gasteiger partial charge is 0.192 e. The number of piperidine rings is 1. The van der Waals surface area contributed by atoms with Crippen molar-refractivity contribution in [2.24, 2.45) is 10.8 Å². The summed E-state index contributed by atoms with van der Waals surface area (Å²) in [4.78, 5) is 2.38. The van der Waals surface area contributed by atoms with Crippen molar-refractivity contribution in [2.75, 3.05) is 72.2 Å². The maximum absolute atomic E-state index is 13.9. The zero-order chi connectivity index (χ0) is 41.9. The van der Waals surface area contributed by atoms with Gasteiger partial charge in [-0.3, -0.25) is 0 Å². The molecule has 0 amide bonds. The molecule has 0 aliphatic carbocycles. The standard InChI is InChI=1S/C46H67NO10Si/c1-43(2,3)58(10,11)57-36-19-21-47(22-20-36)35-14-12-13-34(25-35)46(48,37-23-32(15-17-39(37)55-30-49-8)41-51-26-44(4,5)27-52-41)38-24-33(16-18-40(38)56-31-50-9)42-53-28-45(6,7)29-54-42/h12-18,23-25,36,41-42,48H,19-22,26-31H2,1-11H3. The van der Waals surface area contributed by atoms with E-state index in [-0.39, 0.29) is 35.6 Å². The van der Waals surface area contributed by atoms with E-state index >= 15 is 0 Å². The lowest BCUT2D eigenvalue weighted by Crippen LogP contribution is -2.47. The van der Waals surface area contributed by atoms with E-state index in [2.05, 4.69) is 78.6 Å². The van der Waals surface area contributed by atoms with Crippen LogP contribution in [0.4, 0.5) is 5.69 Å². The molecular weight excluding hydrogens is 755 g/mol. The van der Waals surface area contributed by atoms with Crippen LogP contribution in [0.25, 0.3) is 0 Å². The van der Waals surface area contributed by atoms with E-state index in [9.17, 15) is 5.11 Å². The molecule has 11 nitrogen and oxygen atoms in total. The van der Waals surface area contributed by atoms with Crippen LogP contribution in [0.15, 0.2) is 60.7 Å². The molecule has 3 fully saturated rings. The van der Waals surface area contributed by atoms with E-state index < -0.39 is 26.5 Å². The van der Waals surface area contributed by atoms with Crippen LogP contribution in [0.5, 0.6) is 11.5 Å². The number of ether oxygens (including phenoxy) is 8. The van der Waals surface area contributed by atoms with Crippen LogP contribution in [0.2, 0.25) is 18.1 Å². The van der Waals surface area contributed by atoms with E-state index in [1.807, 2.05) is 48.5 Å². The van der Waals surface area contributed by atoms with Gasteiger partial charge in [0.05, 0.1) is 26.4 Å². The lowest BCUT2D eigenvalue weighted by Gasteiger charge is -2.42. The molecular formula is C46H67NO10Si. The predicted octanol–water partition coefficient (Wildman–Crippen LogP) is 9.07. The maximum atomic E-state index is 13.9. The molecule has 320 valence electrons. The highest BCUT2D eigenvalue weighted by Gasteiger charge is 2.43. The first-order valence-electron chi connectivity index (χ1n) is 20.6. The van der Waals surface area contributed by atoms with Crippen molar-refractivity contribution in [3.05, 3.63) is 88.5 Å². The number of hydrogen-bond donors (Lipinski definition) is 1. The van der Waals surface area contributed by atoms with Crippen molar-refractivity contribution in [1.82, 2.24) is 0 Å². The first kappa shape index (κ1) is 44.5. The molecule has 3 saturated heterocycles. The highest BCUT2D eigenvalue weighted by molar-refractivity contribution is 6.74. The number of methoxy groups -OCH3 is 2. The predicted molar refractivity (Wildman–Crippen MR) is 227 cm³/mol. The molecule has 58 heavy (non-hydrogen) atoms. The number of benzene rings is 3. The summed E-state index contributed by atoms with van der Waals surface area (Å²) in [5, 5.41) is 14.1. The van der Waals surface area contributed by atoms with Crippen LogP contribution in [-0.4, -0.2) is 86.9 Å². The molecule has 0 spiro atoms. The third-order valence-electron chi connectivity index (χ3n) is 11.8. The molecule has 0 unspecified atom stereocenters. The van der Waals surface area contributed by atoms with Gasteiger partial charge >= 0.3 is 0 Å². The van der Waals surface area contributed by atoms with Crippen LogP contribution in [-0.2, 0) is 38.4 Å². The fourth-order valence-electron chi connectivity index (χ4n) is 7.43. The Morgan fingerprint density at radius 1 is 0.707 bits per heavy atom. The van der Waals surface area contributed by atoms with Crippen molar-refractivity contribution in [2.45, 2.75) is 104 Å². The largest absolute Gasteiger partial charge is 0.467 e. The van der Waals surface area contributed by atoms with Gasteiger partial charge in [0.15, 0.2) is 34.5 Å². The maximum Gasteiger partial charge on any atom is 0.192 e. The Morgan fingerprint density at radius 3 is 1.60 bits per heavy atom. The van der Waals surface area contributed by atoms with E-state index in [1.165, 1.54) is 0 Å². The third-order valence-corrected chi connectivity index (χ3v) is 16.4. The summed E-state index contributed by atoms with van der Waals surface area (Å²) in [6, 6.07) is 19.4. The van der Waals surface area contributed by atoms with E-state index in [1.54, 1.807) is 14.2 Å². The molecule has 3 heterocycles. The molecule has 1 N–H and O–H groups in total. The number of nitrogens with zero attached hydrogens (tertiary/aromatic N) is 1. The Morgan fingerprint density at radius 2 is 1.17 bits per heavy atom. The van der Waals surface area contributed by atoms with Gasteiger partial charge in [-0.1, -0.05) is 72.7 Å². The molecule has 0 atom stereocenters. The van der Waals surface area contributed by atoms with Crippen LogP contribution >= 0.6 is 0 Å². The number of anilines is 1. The van der Waals surface area contributed by atoms with Gasteiger partial charge in [-0.05, 0) is 72.9 Å². The second-order valence-electron chi connectivity index (χ2n) is 19.2. The first-order valence-corrected chi connectivity index (χ1v) is 23.5. The van der Waals surface area contributed by atoms with Crippen LogP contribution < -0.4 is 14.4 Å². The van der Waals surface area contributed by atoms with E-state index in [0.717, 1.165) is 42.7 Å². The average molecular weight is 822 g/mol. The zero-order valence-electron chi connectivity index (χ0n) is 36.6. The van der Waals surface area contributed by atoms with Gasteiger partial charge in [0, 0.05) is 72.2 Å². The average Bonchev–Trinajstić information content (AvgIpc) is 3.19. The van der Waals surface area contributed by atoms with Crippen molar-refractivity contribution < 1.29 is 47.4 Å². The van der Waals surface area contributed by atoms with Crippen molar-refractivity contribution in [3.63, 3.8) is 0 Å². The highest BCUT2D eigenvalue weighted by Crippen LogP contribution is 2.48. The van der Waals surface area contributed by atoms with Crippen LogP contribution in [0, 0.1) is 10.8 Å². The van der Waals surface area contributed by atoms with Gasteiger partial charge in [-0.15, -0.1) is 0 Å². The van der Waals surface area contributed by atoms with Gasteiger partial charge in [-0.2, -0.15) is 0 Å². The Labute approximate surface area is 347 Å². The molecule has 3 aromatic carbocycles. The molecule has 3 aliphatic heterocycles. The van der Waals surface area contributed by atoms with E-state index in [0.29, 0.717) is 54.6 Å². The molecule has 3 aromatic rings. The van der Waals surface area contributed by atoms with Gasteiger partial charge in [-0.25, -0.2) is 0 Å². The monoisotopic (exact) mass is 821 g/mol. The molecule has 0 bridgehead atoms. The van der Waals surface area contributed by atoms with Crippen molar-refractivity contribution in [1.29, 1.82) is 0 Å². The Hall–Kier alpha value is -3.04. The summed E-state index contributed by atoms with van der Waals surface area (Å²) >= 11 is 0. The molecule has 0 aromatic heterocycles. The summed E-state index contributed by atoms with van der Waals surface area (Å²) in [5.41, 5.74) is 1.90. The molecule has 3 aliphatic rings. The Kier molecular flexibility index (Phi) is 13.7. The highest BCUT2D eigenvalue weighted by atomic mass is 28.4. The van der Waals surface area contributed by atoms with Crippen molar-refractivity contribution >= 4 is 14.0 Å². The fourth-order valence-corrected chi connectivity index (χ4v) is 8.85. The second kappa shape index (κ2) is 17.9. The first-order chi connectivity index (χ1) is 27.4. The van der Waals surface area contributed by atoms with Gasteiger partial charge < -0.3 is 52.3 Å². The minimum absolute atomic E-state index is 0.0361. The number of rotatable bonds is 14. The molecule has 0 saturated carbocycles. The minimum atomic E-state index is -1.91. The third kappa shape index (κ3) is 10.1. The fraction of sp³-hybridized carbons (Fsp3) is 0.609. The summed E-state index contributed by atoms with van der Waals surface area (Å²) in [7, 11) is 1.23. The SMILES string of the molecule is COCOc1ccc(C2OCC(C)(C)CO2)cc1C(O)(c1cccc(N2CCC(O[Si](C)(C)C(C)(C)C)CC2)c1)c1cc(C2OCC(C)(C)CO2)ccc1OCOC. The van der Waals surface area contributed by atoms with Gasteiger partial charge in [0.25, 0.3) is 0 Å². The Balaban J connectivity index is 1.47. The van der Waals surface area contributed by atoms with E-state index in [4.69, 9.17) is 42.3 Å². The van der Waals surface area contributed by atoms with Crippen LogP contribution in [0.3, 0.4) is 0 Å². The summed E-state index contributed by atoms with van der Waals surface area (Å²) < 4.78 is 55.2. The normalized spacial score (nSPS) is 20.0. The number of hydrogen-bond acceptors (Lipinski definition) is 11. The lowest BCUT2D eigenvalue weighted by atomic mass is 9.78. The van der Waals surface area contributed by atoms with Crippen molar-refractivity contribution in [3.8, 4) is 11.5 Å². The summed E-state index contributed by atoms with van der Waals surface area (Å²) in [5.74, 6) is 0.849. The quantitative estimate of drug-likeness (QED) is 0.0957. The zero-order valence-corrected chi connectivity index (χ0v) is 37.6. The topological polar surface area (TPSA) is 107 Å².